The first-order valence-corrected chi connectivity index (χ1v) is 8.38. The van der Waals surface area contributed by atoms with Gasteiger partial charge >= 0.3 is 11.8 Å². The molecule has 2 rings (SSSR count). The van der Waals surface area contributed by atoms with Crippen molar-refractivity contribution in [3.8, 4) is 0 Å². The van der Waals surface area contributed by atoms with E-state index in [1.807, 2.05) is 0 Å². The normalized spacial score (nSPS) is 14.7. The highest BCUT2D eigenvalue weighted by molar-refractivity contribution is 7.99. The predicted octanol–water partition coefficient (Wildman–Crippen LogP) is 0.471. The van der Waals surface area contributed by atoms with E-state index in [-0.39, 0.29) is 17.8 Å². The van der Waals surface area contributed by atoms with Crippen LogP contribution in [0.5, 0.6) is 0 Å². The summed E-state index contributed by atoms with van der Waals surface area (Å²) in [6.45, 7) is 5.79. The molecule has 1 fully saturated rings. The molecule has 0 aromatic carbocycles. The van der Waals surface area contributed by atoms with Crippen LogP contribution >= 0.6 is 11.8 Å². The summed E-state index contributed by atoms with van der Waals surface area (Å²) in [6.07, 6.45) is -0.336. The Morgan fingerprint density at radius 1 is 1.30 bits per heavy atom. The van der Waals surface area contributed by atoms with Crippen LogP contribution in [0.25, 0.3) is 0 Å². The van der Waals surface area contributed by atoms with E-state index in [4.69, 9.17) is 4.74 Å². The Balaban J connectivity index is 1.81. The van der Waals surface area contributed by atoms with Crippen molar-refractivity contribution < 1.29 is 14.3 Å². The summed E-state index contributed by atoms with van der Waals surface area (Å²) >= 11 is 1.24. The van der Waals surface area contributed by atoms with Gasteiger partial charge in [-0.1, -0.05) is 11.8 Å². The van der Waals surface area contributed by atoms with Gasteiger partial charge in [0.2, 0.25) is 5.91 Å². The van der Waals surface area contributed by atoms with Gasteiger partial charge in [0.15, 0.2) is 0 Å². The molecule has 0 unspecified atom stereocenters. The minimum atomic E-state index is -0.414. The van der Waals surface area contributed by atoms with Crippen LogP contribution in [0.1, 0.15) is 12.6 Å². The van der Waals surface area contributed by atoms with Gasteiger partial charge in [0.1, 0.15) is 5.03 Å². The average molecular weight is 340 g/mol. The van der Waals surface area contributed by atoms with Crippen molar-refractivity contribution in [2.45, 2.75) is 18.9 Å². The number of piperazine rings is 1. The summed E-state index contributed by atoms with van der Waals surface area (Å²) in [5, 5.41) is 0.532. The van der Waals surface area contributed by atoms with E-state index < -0.39 is 5.69 Å². The van der Waals surface area contributed by atoms with E-state index in [1.54, 1.807) is 29.7 Å². The number of amides is 2. The number of carbonyl (C=O) groups excluding carboxylic acids is 2. The van der Waals surface area contributed by atoms with Gasteiger partial charge in [-0.3, -0.25) is 4.79 Å². The Hall–Kier alpha value is -2.03. The van der Waals surface area contributed by atoms with Gasteiger partial charge < -0.3 is 19.5 Å². The molecule has 2 amide bonds. The zero-order valence-corrected chi connectivity index (χ0v) is 14.0. The van der Waals surface area contributed by atoms with Crippen molar-refractivity contribution in [2.24, 2.45) is 0 Å². The van der Waals surface area contributed by atoms with Crippen molar-refractivity contribution in [1.82, 2.24) is 19.8 Å². The SMILES string of the molecule is CCOC(=O)N1CCN(C(=O)CSc2cc(C)[nH]c(=O)n2)CC1. The third-order valence-corrected chi connectivity index (χ3v) is 4.25. The van der Waals surface area contributed by atoms with Gasteiger partial charge in [-0.2, -0.15) is 4.98 Å². The van der Waals surface area contributed by atoms with E-state index in [1.165, 1.54) is 11.8 Å². The van der Waals surface area contributed by atoms with Gasteiger partial charge in [-0.05, 0) is 19.9 Å². The van der Waals surface area contributed by atoms with Crippen LogP contribution in [0.2, 0.25) is 0 Å². The summed E-state index contributed by atoms with van der Waals surface area (Å²) < 4.78 is 4.94. The number of H-pyrrole nitrogens is 1. The van der Waals surface area contributed by atoms with Gasteiger partial charge in [0.25, 0.3) is 0 Å². The van der Waals surface area contributed by atoms with Crippen molar-refractivity contribution in [1.29, 1.82) is 0 Å². The molecule has 1 N–H and O–H groups in total. The van der Waals surface area contributed by atoms with Crippen molar-refractivity contribution in [3.05, 3.63) is 22.2 Å². The molecule has 2 heterocycles. The lowest BCUT2D eigenvalue weighted by Crippen LogP contribution is -2.51. The fraction of sp³-hybridized carbons (Fsp3) is 0.571. The molecule has 0 radical (unpaired) electrons. The minimum absolute atomic E-state index is 0.0294. The number of nitrogens with one attached hydrogen (secondary N) is 1. The lowest BCUT2D eigenvalue weighted by atomic mass is 10.3. The quantitative estimate of drug-likeness (QED) is 0.632. The second-order valence-electron chi connectivity index (χ2n) is 5.06. The number of nitrogens with zero attached hydrogens (tertiary/aromatic N) is 3. The molecule has 1 aromatic heterocycles. The summed E-state index contributed by atoms with van der Waals surface area (Å²) in [6, 6.07) is 1.73. The third kappa shape index (κ3) is 4.98. The van der Waals surface area contributed by atoms with Crippen LogP contribution in [-0.2, 0) is 9.53 Å². The number of ether oxygens (including phenoxy) is 1. The van der Waals surface area contributed by atoms with Crippen LogP contribution in [-0.4, -0.2) is 70.3 Å². The number of aryl methyl sites for hydroxylation is 1. The zero-order valence-electron chi connectivity index (χ0n) is 13.2. The van der Waals surface area contributed by atoms with Crippen molar-refractivity contribution in [2.75, 3.05) is 38.5 Å². The summed E-state index contributed by atoms with van der Waals surface area (Å²) in [4.78, 5) is 44.8. The largest absolute Gasteiger partial charge is 0.450 e. The van der Waals surface area contributed by atoms with E-state index >= 15 is 0 Å². The van der Waals surface area contributed by atoms with E-state index in [0.717, 1.165) is 0 Å². The summed E-state index contributed by atoms with van der Waals surface area (Å²) in [5.74, 6) is 0.188. The maximum absolute atomic E-state index is 12.2. The Kier molecular flexibility index (Phi) is 6.03. The van der Waals surface area contributed by atoms with Crippen LogP contribution in [0.4, 0.5) is 4.79 Å². The molecule has 1 aliphatic rings. The Morgan fingerprint density at radius 2 is 1.96 bits per heavy atom. The molecule has 0 aliphatic carbocycles. The number of carbonyl (C=O) groups is 2. The third-order valence-electron chi connectivity index (χ3n) is 3.36. The number of rotatable bonds is 4. The number of thioether (sulfide) groups is 1. The number of aromatic amines is 1. The molecule has 126 valence electrons. The molecule has 1 aliphatic heterocycles. The highest BCUT2D eigenvalue weighted by atomic mass is 32.2. The highest BCUT2D eigenvalue weighted by Crippen LogP contribution is 2.15. The Labute approximate surface area is 138 Å². The highest BCUT2D eigenvalue weighted by Gasteiger charge is 2.24. The van der Waals surface area contributed by atoms with Crippen LogP contribution in [0.15, 0.2) is 15.9 Å². The van der Waals surface area contributed by atoms with Crippen molar-refractivity contribution in [3.63, 3.8) is 0 Å². The van der Waals surface area contributed by atoms with Crippen molar-refractivity contribution >= 4 is 23.8 Å². The van der Waals surface area contributed by atoms with Gasteiger partial charge in [-0.25, -0.2) is 9.59 Å². The molecule has 1 aromatic rings. The number of hydrogen-bond donors (Lipinski definition) is 1. The minimum Gasteiger partial charge on any atom is -0.450 e. The van der Waals surface area contributed by atoms with Gasteiger partial charge in [0, 0.05) is 31.9 Å². The number of hydrogen-bond acceptors (Lipinski definition) is 6. The summed E-state index contributed by atoms with van der Waals surface area (Å²) in [7, 11) is 0. The molecular weight excluding hydrogens is 320 g/mol. The first-order chi connectivity index (χ1) is 11.0. The van der Waals surface area contributed by atoms with E-state index in [9.17, 15) is 14.4 Å². The second-order valence-corrected chi connectivity index (χ2v) is 6.06. The predicted molar refractivity (Wildman–Crippen MR) is 85.5 cm³/mol. The monoisotopic (exact) mass is 340 g/mol. The lowest BCUT2D eigenvalue weighted by molar-refractivity contribution is -0.129. The van der Waals surface area contributed by atoms with Gasteiger partial charge in [0.05, 0.1) is 12.4 Å². The molecular formula is C14H20N4O4S. The van der Waals surface area contributed by atoms with E-state index in [2.05, 4.69) is 9.97 Å². The lowest BCUT2D eigenvalue weighted by Gasteiger charge is -2.34. The molecule has 23 heavy (non-hydrogen) atoms. The Bertz CT molecular complexity index is 625. The molecule has 0 atom stereocenters. The zero-order chi connectivity index (χ0) is 16.8. The molecule has 0 bridgehead atoms. The average Bonchev–Trinajstić information content (AvgIpc) is 2.52. The van der Waals surface area contributed by atoms with Gasteiger partial charge in [-0.15, -0.1) is 0 Å². The van der Waals surface area contributed by atoms with Crippen LogP contribution < -0.4 is 5.69 Å². The molecule has 0 spiro atoms. The molecule has 1 saturated heterocycles. The van der Waals surface area contributed by atoms with Crippen LogP contribution in [0.3, 0.4) is 0 Å². The fourth-order valence-corrected chi connectivity index (χ4v) is 3.07. The summed E-state index contributed by atoms with van der Waals surface area (Å²) in [5.41, 5.74) is 0.297. The fourth-order valence-electron chi connectivity index (χ4n) is 2.20. The topological polar surface area (TPSA) is 95.6 Å². The van der Waals surface area contributed by atoms with Crippen LogP contribution in [0, 0.1) is 6.92 Å². The maximum atomic E-state index is 12.2. The standard InChI is InChI=1S/C14H20N4O4S/c1-3-22-14(21)18-6-4-17(5-7-18)12(19)9-23-11-8-10(2)15-13(20)16-11/h8H,3-7,9H2,1-2H3,(H,15,16,20). The first-order valence-electron chi connectivity index (χ1n) is 7.40. The smallest absolute Gasteiger partial charge is 0.409 e. The first kappa shape index (κ1) is 17.3. The molecule has 0 saturated carbocycles. The van der Waals surface area contributed by atoms with E-state index in [0.29, 0.717) is 43.5 Å². The second kappa shape index (κ2) is 8.00. The molecule has 8 nitrogen and oxygen atoms in total. The molecule has 9 heteroatoms. The number of aromatic nitrogens is 2. The maximum Gasteiger partial charge on any atom is 0.409 e. The Morgan fingerprint density at radius 3 is 2.57 bits per heavy atom.